The fourth-order valence-electron chi connectivity index (χ4n) is 1.73. The van der Waals surface area contributed by atoms with Gasteiger partial charge in [0.05, 0.1) is 11.7 Å². The second kappa shape index (κ2) is 6.39. The van der Waals surface area contributed by atoms with Crippen molar-refractivity contribution in [3.8, 4) is 0 Å². The number of hydrogen-bond acceptors (Lipinski definition) is 4. The normalized spacial score (nSPS) is 12.0. The first-order valence-electron chi connectivity index (χ1n) is 6.86. The van der Waals surface area contributed by atoms with Crippen molar-refractivity contribution in [2.75, 3.05) is 6.54 Å². The van der Waals surface area contributed by atoms with Crippen molar-refractivity contribution in [2.45, 2.75) is 32.8 Å². The Bertz CT molecular complexity index is 640. The molecule has 0 saturated carbocycles. The minimum atomic E-state index is -0.467. The van der Waals surface area contributed by atoms with Crippen LogP contribution in [0.15, 0.2) is 24.5 Å². The molecule has 2 aromatic heterocycles. The van der Waals surface area contributed by atoms with Gasteiger partial charge in [-0.15, -0.1) is 0 Å². The zero-order valence-corrected chi connectivity index (χ0v) is 12.5. The van der Waals surface area contributed by atoms with Crippen molar-refractivity contribution in [3.63, 3.8) is 0 Å². The van der Waals surface area contributed by atoms with Gasteiger partial charge in [0.2, 0.25) is 0 Å². The first-order valence-corrected chi connectivity index (χ1v) is 6.86. The molecule has 0 saturated heterocycles. The van der Waals surface area contributed by atoms with Gasteiger partial charge in [-0.2, -0.15) is 5.10 Å². The molecule has 6 heteroatoms. The van der Waals surface area contributed by atoms with Gasteiger partial charge >= 0.3 is 6.09 Å². The summed E-state index contributed by atoms with van der Waals surface area (Å²) in [6.07, 6.45) is 7.75. The molecule has 0 fully saturated rings. The predicted octanol–water partition coefficient (Wildman–Crippen LogP) is 2.89. The summed E-state index contributed by atoms with van der Waals surface area (Å²) in [7, 11) is 0. The van der Waals surface area contributed by atoms with Gasteiger partial charge in [-0.1, -0.05) is 12.2 Å². The third-order valence-electron chi connectivity index (χ3n) is 2.60. The molecule has 0 aliphatic heterocycles. The number of pyridine rings is 1. The highest BCUT2D eigenvalue weighted by molar-refractivity contribution is 5.75. The first-order chi connectivity index (χ1) is 9.94. The zero-order chi connectivity index (χ0) is 15.3. The second-order valence-corrected chi connectivity index (χ2v) is 5.69. The molecular formula is C15H20N4O2. The van der Waals surface area contributed by atoms with Crippen molar-refractivity contribution >= 4 is 23.2 Å². The van der Waals surface area contributed by atoms with Crippen LogP contribution in [0.5, 0.6) is 0 Å². The molecule has 2 rings (SSSR count). The van der Waals surface area contributed by atoms with E-state index >= 15 is 0 Å². The topological polar surface area (TPSA) is 79.9 Å². The third kappa shape index (κ3) is 4.91. The first kappa shape index (κ1) is 15.0. The quantitative estimate of drug-likeness (QED) is 0.848. The molecule has 0 bridgehead atoms. The van der Waals surface area contributed by atoms with Crippen molar-refractivity contribution in [1.82, 2.24) is 20.5 Å². The van der Waals surface area contributed by atoms with E-state index in [1.165, 1.54) is 0 Å². The van der Waals surface area contributed by atoms with E-state index in [1.807, 2.05) is 39.0 Å². The molecule has 1 amide bonds. The molecule has 112 valence electrons. The molecule has 2 N–H and O–H groups in total. The lowest BCUT2D eigenvalue weighted by molar-refractivity contribution is 0.0529. The summed E-state index contributed by atoms with van der Waals surface area (Å²) in [6, 6.07) is 1.98. The maximum Gasteiger partial charge on any atom is 0.407 e. The number of nitrogens with one attached hydrogen (secondary N) is 2. The molecule has 0 radical (unpaired) electrons. The van der Waals surface area contributed by atoms with Gasteiger partial charge in [-0.25, -0.2) is 4.79 Å². The SMILES string of the molecule is CC(C)(C)OC(=O)NCCC=Cc1cnc2cn[nH]c2c1. The number of carbonyl (C=O) groups excluding carboxylic acids is 1. The molecule has 2 aromatic rings. The Morgan fingerprint density at radius 1 is 1.43 bits per heavy atom. The molecule has 0 spiro atoms. The zero-order valence-electron chi connectivity index (χ0n) is 12.5. The Morgan fingerprint density at radius 3 is 3.00 bits per heavy atom. The molecule has 21 heavy (non-hydrogen) atoms. The van der Waals surface area contributed by atoms with Crippen LogP contribution >= 0.6 is 0 Å². The molecule has 0 atom stereocenters. The van der Waals surface area contributed by atoms with E-state index in [4.69, 9.17) is 4.74 Å². The summed E-state index contributed by atoms with van der Waals surface area (Å²) in [5.41, 5.74) is 2.28. The number of aromatic nitrogens is 3. The summed E-state index contributed by atoms with van der Waals surface area (Å²) in [5.74, 6) is 0. The molecule has 0 aliphatic carbocycles. The van der Waals surface area contributed by atoms with Crippen molar-refractivity contribution in [1.29, 1.82) is 0 Å². The number of alkyl carbamates (subject to hydrolysis) is 1. The molecule has 2 heterocycles. The van der Waals surface area contributed by atoms with Gasteiger partial charge in [-0.05, 0) is 38.8 Å². The molecule has 0 unspecified atom stereocenters. The number of rotatable bonds is 4. The van der Waals surface area contributed by atoms with Crippen LogP contribution in [0, 0.1) is 0 Å². The summed E-state index contributed by atoms with van der Waals surface area (Å²) in [6.45, 7) is 6.05. The van der Waals surface area contributed by atoms with Crippen LogP contribution in [0.25, 0.3) is 17.1 Å². The number of nitrogens with zero attached hydrogens (tertiary/aromatic N) is 2. The number of amides is 1. The van der Waals surface area contributed by atoms with Crippen LogP contribution in [0.4, 0.5) is 4.79 Å². The third-order valence-corrected chi connectivity index (χ3v) is 2.60. The van der Waals surface area contributed by atoms with E-state index in [0.29, 0.717) is 6.54 Å². The average Bonchev–Trinajstić information content (AvgIpc) is 2.83. The molecular weight excluding hydrogens is 268 g/mol. The summed E-state index contributed by atoms with van der Waals surface area (Å²) in [5, 5.41) is 9.51. The highest BCUT2D eigenvalue weighted by Gasteiger charge is 2.15. The number of carbonyl (C=O) groups is 1. The average molecular weight is 288 g/mol. The summed E-state index contributed by atoms with van der Waals surface area (Å²) >= 11 is 0. The maximum atomic E-state index is 11.4. The Balaban J connectivity index is 1.76. The van der Waals surface area contributed by atoms with Crippen LogP contribution in [-0.4, -0.2) is 33.4 Å². The van der Waals surface area contributed by atoms with Crippen LogP contribution in [0.1, 0.15) is 32.8 Å². The van der Waals surface area contributed by atoms with Crippen LogP contribution in [0.2, 0.25) is 0 Å². The minimum Gasteiger partial charge on any atom is -0.444 e. The van der Waals surface area contributed by atoms with E-state index in [0.717, 1.165) is 23.0 Å². The van der Waals surface area contributed by atoms with Crippen molar-refractivity contribution in [2.24, 2.45) is 0 Å². The Labute approximate surface area is 123 Å². The standard InChI is InChI=1S/C15H20N4O2/c1-15(2,3)21-14(20)16-7-5-4-6-11-8-12-13(17-9-11)10-18-19-12/h4,6,8-10H,5,7H2,1-3H3,(H,16,20)(H,18,19). The predicted molar refractivity (Wildman–Crippen MR) is 81.8 cm³/mol. The molecule has 0 aliphatic rings. The van der Waals surface area contributed by atoms with Gasteiger partial charge in [0.15, 0.2) is 0 Å². The number of hydrogen-bond donors (Lipinski definition) is 2. The second-order valence-electron chi connectivity index (χ2n) is 5.69. The lowest BCUT2D eigenvalue weighted by atomic mass is 10.2. The number of ether oxygens (including phenoxy) is 1. The highest BCUT2D eigenvalue weighted by Crippen LogP contribution is 2.10. The molecule has 6 nitrogen and oxygen atoms in total. The van der Waals surface area contributed by atoms with Crippen molar-refractivity contribution < 1.29 is 9.53 Å². The summed E-state index contributed by atoms with van der Waals surface area (Å²) < 4.78 is 5.15. The molecule has 0 aromatic carbocycles. The van der Waals surface area contributed by atoms with Gasteiger partial charge in [-0.3, -0.25) is 10.1 Å². The van der Waals surface area contributed by atoms with Crippen molar-refractivity contribution in [3.05, 3.63) is 30.1 Å². The summed E-state index contributed by atoms with van der Waals surface area (Å²) in [4.78, 5) is 15.7. The lowest BCUT2D eigenvalue weighted by Crippen LogP contribution is -2.32. The smallest absolute Gasteiger partial charge is 0.407 e. The van der Waals surface area contributed by atoms with E-state index in [9.17, 15) is 4.79 Å². The van der Waals surface area contributed by atoms with Crippen LogP contribution in [0.3, 0.4) is 0 Å². The van der Waals surface area contributed by atoms with E-state index < -0.39 is 11.7 Å². The number of fused-ring (bicyclic) bond motifs is 1. The van der Waals surface area contributed by atoms with E-state index in [1.54, 1.807) is 12.4 Å². The number of H-pyrrole nitrogens is 1. The Kier molecular flexibility index (Phi) is 4.57. The van der Waals surface area contributed by atoms with Crippen LogP contribution < -0.4 is 5.32 Å². The van der Waals surface area contributed by atoms with E-state index in [-0.39, 0.29) is 0 Å². The minimum absolute atomic E-state index is 0.392. The Morgan fingerprint density at radius 2 is 2.24 bits per heavy atom. The number of aromatic amines is 1. The lowest BCUT2D eigenvalue weighted by Gasteiger charge is -2.19. The Hall–Kier alpha value is -2.37. The fourth-order valence-corrected chi connectivity index (χ4v) is 1.73. The fraction of sp³-hybridized carbons (Fsp3) is 0.400. The van der Waals surface area contributed by atoms with Gasteiger partial charge in [0, 0.05) is 12.7 Å². The van der Waals surface area contributed by atoms with E-state index in [2.05, 4.69) is 20.5 Å². The highest BCUT2D eigenvalue weighted by atomic mass is 16.6. The van der Waals surface area contributed by atoms with Gasteiger partial charge in [0.1, 0.15) is 11.1 Å². The van der Waals surface area contributed by atoms with Crippen LogP contribution in [-0.2, 0) is 4.74 Å². The van der Waals surface area contributed by atoms with Gasteiger partial charge < -0.3 is 10.1 Å². The largest absolute Gasteiger partial charge is 0.444 e. The van der Waals surface area contributed by atoms with Gasteiger partial charge in [0.25, 0.3) is 0 Å². The maximum absolute atomic E-state index is 11.4. The monoisotopic (exact) mass is 288 g/mol.